The lowest BCUT2D eigenvalue weighted by Crippen LogP contribution is -2.40. The molecule has 0 aromatic heterocycles. The molecule has 1 atom stereocenters. The summed E-state index contributed by atoms with van der Waals surface area (Å²) in [5, 5.41) is 13.0. The molecule has 0 spiro atoms. The van der Waals surface area contributed by atoms with E-state index in [2.05, 4.69) is 10.2 Å². The number of amides is 1. The lowest BCUT2D eigenvalue weighted by Gasteiger charge is -2.24. The monoisotopic (exact) mass is 518 g/mol. The second-order valence-corrected chi connectivity index (χ2v) is 8.21. The van der Waals surface area contributed by atoms with E-state index >= 15 is 0 Å². The van der Waals surface area contributed by atoms with Crippen molar-refractivity contribution in [1.82, 2.24) is 15.1 Å². The summed E-state index contributed by atoms with van der Waals surface area (Å²) in [5.74, 6) is 0.841. The summed E-state index contributed by atoms with van der Waals surface area (Å²) in [7, 11) is 1.74. The van der Waals surface area contributed by atoms with Gasteiger partial charge in [0.25, 0.3) is 0 Å². The number of aliphatic hydroxyl groups is 1. The summed E-state index contributed by atoms with van der Waals surface area (Å²) < 4.78 is 5.38. The molecule has 0 aliphatic carbocycles. The lowest BCUT2D eigenvalue weighted by atomic mass is 10.1. The highest BCUT2D eigenvalue weighted by Crippen LogP contribution is 2.13. The second kappa shape index (κ2) is 11.6. The van der Waals surface area contributed by atoms with E-state index in [9.17, 15) is 9.90 Å². The van der Waals surface area contributed by atoms with E-state index in [4.69, 9.17) is 9.73 Å². The number of likely N-dealkylation sites (tertiary alicyclic amines) is 1. The Morgan fingerprint density at radius 2 is 1.93 bits per heavy atom. The van der Waals surface area contributed by atoms with Gasteiger partial charge in [0.05, 0.1) is 12.6 Å². The minimum absolute atomic E-state index is 0. The van der Waals surface area contributed by atoms with Crippen molar-refractivity contribution in [3.05, 3.63) is 35.4 Å². The van der Waals surface area contributed by atoms with Gasteiger partial charge in [0.15, 0.2) is 5.96 Å². The molecule has 29 heavy (non-hydrogen) atoms. The highest BCUT2D eigenvalue weighted by Gasteiger charge is 2.23. The summed E-state index contributed by atoms with van der Waals surface area (Å²) in [6, 6.07) is 8.09. The van der Waals surface area contributed by atoms with E-state index in [-0.39, 0.29) is 36.2 Å². The van der Waals surface area contributed by atoms with Crippen molar-refractivity contribution in [3.8, 4) is 0 Å². The van der Waals surface area contributed by atoms with Crippen LogP contribution in [0.15, 0.2) is 29.3 Å². The molecule has 0 radical (unpaired) electrons. The number of carbonyl (C=O) groups is 1. The van der Waals surface area contributed by atoms with Crippen molar-refractivity contribution < 1.29 is 14.6 Å². The number of guanidine groups is 1. The van der Waals surface area contributed by atoms with Crippen molar-refractivity contribution in [3.63, 3.8) is 0 Å². The third kappa shape index (κ3) is 8.77. The third-order valence-electron chi connectivity index (χ3n) is 4.36. The first kappa shape index (κ1) is 25.5. The van der Waals surface area contributed by atoms with Gasteiger partial charge in [-0.1, -0.05) is 24.3 Å². The van der Waals surface area contributed by atoms with Gasteiger partial charge in [0, 0.05) is 33.2 Å². The van der Waals surface area contributed by atoms with Gasteiger partial charge in [0.1, 0.15) is 5.60 Å². The SMILES string of the molecule is CCNC(=NCc1ccc(CN(C)C(=O)OC(C)(C)C)cc1)N1CC[C@@H](O)C1.I. The van der Waals surface area contributed by atoms with Gasteiger partial charge in [0.2, 0.25) is 0 Å². The molecule has 1 amide bonds. The van der Waals surface area contributed by atoms with Crippen molar-refractivity contribution in [2.24, 2.45) is 4.99 Å². The number of aliphatic hydroxyl groups excluding tert-OH is 1. The first-order chi connectivity index (χ1) is 13.2. The lowest BCUT2D eigenvalue weighted by molar-refractivity contribution is 0.0285. The first-order valence-electron chi connectivity index (χ1n) is 9.91. The van der Waals surface area contributed by atoms with Crippen molar-refractivity contribution >= 4 is 36.0 Å². The molecule has 1 saturated heterocycles. The summed E-state index contributed by atoms with van der Waals surface area (Å²) in [4.78, 5) is 20.4. The molecule has 164 valence electrons. The maximum Gasteiger partial charge on any atom is 0.410 e. The van der Waals surface area contributed by atoms with Gasteiger partial charge in [-0.25, -0.2) is 9.79 Å². The van der Waals surface area contributed by atoms with Crippen LogP contribution in [0.1, 0.15) is 45.2 Å². The number of hydrogen-bond acceptors (Lipinski definition) is 4. The number of carbonyl (C=O) groups excluding carboxylic acids is 1. The highest BCUT2D eigenvalue weighted by atomic mass is 127. The van der Waals surface area contributed by atoms with Gasteiger partial charge in [-0.15, -0.1) is 24.0 Å². The number of nitrogens with zero attached hydrogens (tertiary/aromatic N) is 3. The zero-order valence-corrected chi connectivity index (χ0v) is 20.5. The van der Waals surface area contributed by atoms with Gasteiger partial charge >= 0.3 is 6.09 Å². The zero-order chi connectivity index (χ0) is 20.7. The van der Waals surface area contributed by atoms with E-state index in [1.54, 1.807) is 11.9 Å². The molecule has 1 aliphatic heterocycles. The van der Waals surface area contributed by atoms with Crippen LogP contribution < -0.4 is 5.32 Å². The Kier molecular flexibility index (Phi) is 10.2. The Balaban J connectivity index is 0.00000420. The topological polar surface area (TPSA) is 77.4 Å². The Bertz CT molecular complexity index is 673. The fourth-order valence-corrected chi connectivity index (χ4v) is 2.95. The number of rotatable bonds is 5. The van der Waals surface area contributed by atoms with E-state index in [1.165, 1.54) is 0 Å². The molecule has 8 heteroatoms. The number of aliphatic imine (C=N–C) groups is 1. The minimum atomic E-state index is -0.497. The molecule has 2 rings (SSSR count). The normalized spacial score (nSPS) is 17.0. The summed E-state index contributed by atoms with van der Waals surface area (Å²) in [5.41, 5.74) is 1.64. The largest absolute Gasteiger partial charge is 0.444 e. The standard InChI is InChI=1S/C21H34N4O3.HI/c1-6-22-19(25-12-11-18(26)15-25)23-13-16-7-9-17(10-8-16)14-24(5)20(27)28-21(2,3)4;/h7-10,18,26H,6,11-15H2,1-5H3,(H,22,23);1H/t18-;/m1./s1. The maximum atomic E-state index is 12.1. The molecule has 0 saturated carbocycles. The Morgan fingerprint density at radius 1 is 1.31 bits per heavy atom. The number of benzene rings is 1. The number of ether oxygens (including phenoxy) is 1. The third-order valence-corrected chi connectivity index (χ3v) is 4.36. The van der Waals surface area contributed by atoms with E-state index in [0.29, 0.717) is 19.6 Å². The van der Waals surface area contributed by atoms with E-state index in [0.717, 1.165) is 36.6 Å². The molecule has 2 N–H and O–H groups in total. The quantitative estimate of drug-likeness (QED) is 0.356. The minimum Gasteiger partial charge on any atom is -0.444 e. The molecule has 0 bridgehead atoms. The maximum absolute atomic E-state index is 12.1. The second-order valence-electron chi connectivity index (χ2n) is 8.21. The molecule has 1 fully saturated rings. The molecular formula is C21H35IN4O3. The molecule has 0 unspecified atom stereocenters. The summed E-state index contributed by atoms with van der Waals surface area (Å²) >= 11 is 0. The van der Waals surface area contributed by atoms with Crippen LogP contribution in [0.5, 0.6) is 0 Å². The van der Waals surface area contributed by atoms with Crippen molar-refractivity contribution in [1.29, 1.82) is 0 Å². The fraction of sp³-hybridized carbons (Fsp3) is 0.619. The molecule has 1 aliphatic rings. The first-order valence-corrected chi connectivity index (χ1v) is 9.91. The van der Waals surface area contributed by atoms with Crippen molar-refractivity contribution in [2.75, 3.05) is 26.7 Å². The summed E-state index contributed by atoms with van der Waals surface area (Å²) in [6.45, 7) is 10.9. The van der Waals surface area contributed by atoms with Crippen LogP contribution in [-0.4, -0.2) is 65.3 Å². The van der Waals surface area contributed by atoms with E-state index in [1.807, 2.05) is 52.0 Å². The van der Waals surface area contributed by atoms with Gasteiger partial charge in [-0.2, -0.15) is 0 Å². The Morgan fingerprint density at radius 3 is 2.45 bits per heavy atom. The summed E-state index contributed by atoms with van der Waals surface area (Å²) in [6.07, 6.45) is 0.180. The molecular weight excluding hydrogens is 483 g/mol. The molecule has 1 heterocycles. The number of halogens is 1. The van der Waals surface area contributed by atoms with Gasteiger partial charge < -0.3 is 25.0 Å². The molecule has 7 nitrogen and oxygen atoms in total. The number of nitrogens with one attached hydrogen (secondary N) is 1. The Labute approximate surface area is 191 Å². The van der Waals surface area contributed by atoms with E-state index < -0.39 is 5.60 Å². The van der Waals surface area contributed by atoms with Crippen LogP contribution in [0.25, 0.3) is 0 Å². The number of hydrogen-bond donors (Lipinski definition) is 2. The molecule has 1 aromatic carbocycles. The Hall–Kier alpha value is -1.55. The predicted octanol–water partition coefficient (Wildman–Crippen LogP) is 3.20. The van der Waals surface area contributed by atoms with Crippen LogP contribution in [0.2, 0.25) is 0 Å². The highest BCUT2D eigenvalue weighted by molar-refractivity contribution is 14.0. The van der Waals surface area contributed by atoms with Gasteiger partial charge in [-0.3, -0.25) is 0 Å². The van der Waals surface area contributed by atoms with Crippen LogP contribution >= 0.6 is 24.0 Å². The van der Waals surface area contributed by atoms with Crippen LogP contribution in [0.4, 0.5) is 4.79 Å². The van der Waals surface area contributed by atoms with Crippen LogP contribution in [-0.2, 0) is 17.8 Å². The van der Waals surface area contributed by atoms with Crippen molar-refractivity contribution in [2.45, 2.75) is 58.9 Å². The fourth-order valence-electron chi connectivity index (χ4n) is 2.95. The van der Waals surface area contributed by atoms with Crippen LogP contribution in [0, 0.1) is 0 Å². The average Bonchev–Trinajstić information content (AvgIpc) is 3.04. The van der Waals surface area contributed by atoms with Gasteiger partial charge in [-0.05, 0) is 45.2 Å². The smallest absolute Gasteiger partial charge is 0.410 e. The number of β-amino-alcohol motifs (C(OH)–C–C–N with tert-alkyl or cyclic N) is 1. The zero-order valence-electron chi connectivity index (χ0n) is 18.1. The predicted molar refractivity (Wildman–Crippen MR) is 127 cm³/mol. The van der Waals surface area contributed by atoms with Crippen LogP contribution in [0.3, 0.4) is 0 Å². The molecule has 1 aromatic rings. The average molecular weight is 518 g/mol.